The minimum atomic E-state index is -0.165. The van der Waals surface area contributed by atoms with Crippen molar-refractivity contribution >= 4 is 36.0 Å². The molecule has 0 radical (unpaired) electrons. The third kappa shape index (κ3) is 1.85. The normalized spacial score (nSPS) is 19.9. The van der Waals surface area contributed by atoms with Crippen LogP contribution in [0, 0.1) is 0 Å². The van der Waals surface area contributed by atoms with Crippen molar-refractivity contribution in [1.82, 2.24) is 15.0 Å². The molecule has 2 aromatic heterocycles. The maximum absolute atomic E-state index is 11.3. The lowest BCUT2D eigenvalue weighted by Crippen LogP contribution is -2.32. The smallest absolute Gasteiger partial charge is 0.306 e. The van der Waals surface area contributed by atoms with E-state index in [4.69, 9.17) is 0 Å². The Morgan fingerprint density at radius 2 is 2.00 bits per heavy atom. The average molecular weight is 283 g/mol. The summed E-state index contributed by atoms with van der Waals surface area (Å²) < 4.78 is 2.11. The van der Waals surface area contributed by atoms with Gasteiger partial charge >= 0.3 is 5.69 Å². The fourth-order valence-corrected chi connectivity index (χ4v) is 3.42. The molecule has 0 saturated carbocycles. The SMILES string of the molecule is O=c1[nH]c2c([nH]1)=CC1S[N+](c3ccncc3)=CC=C1C=2. The molecule has 0 amide bonds. The molecule has 4 rings (SSSR count). The number of H-pyrrole nitrogens is 2. The van der Waals surface area contributed by atoms with Gasteiger partial charge in [0.25, 0.3) is 0 Å². The van der Waals surface area contributed by atoms with E-state index in [0.29, 0.717) is 0 Å². The van der Waals surface area contributed by atoms with E-state index in [2.05, 4.69) is 31.1 Å². The molecule has 3 heterocycles. The predicted octanol–water partition coefficient (Wildman–Crippen LogP) is 0.0444. The first-order valence-corrected chi connectivity index (χ1v) is 7.06. The number of rotatable bonds is 1. The topological polar surface area (TPSA) is 64.5 Å². The van der Waals surface area contributed by atoms with E-state index in [9.17, 15) is 4.79 Å². The van der Waals surface area contributed by atoms with Crippen LogP contribution in [0.3, 0.4) is 0 Å². The van der Waals surface area contributed by atoms with Gasteiger partial charge in [-0.1, -0.05) is 0 Å². The number of aromatic nitrogens is 3. The maximum Gasteiger partial charge on any atom is 0.323 e. The van der Waals surface area contributed by atoms with Gasteiger partial charge in [0, 0.05) is 30.6 Å². The van der Waals surface area contributed by atoms with Gasteiger partial charge in [-0.25, -0.2) is 4.79 Å². The largest absolute Gasteiger partial charge is 0.323 e. The monoisotopic (exact) mass is 283 g/mol. The quantitative estimate of drug-likeness (QED) is 0.574. The number of imidazole rings is 1. The van der Waals surface area contributed by atoms with Gasteiger partial charge in [0.05, 0.1) is 10.7 Å². The molecule has 1 aliphatic heterocycles. The third-order valence-electron chi connectivity index (χ3n) is 3.29. The summed E-state index contributed by atoms with van der Waals surface area (Å²) in [6, 6.07) is 3.94. The Balaban J connectivity index is 1.79. The number of aromatic amines is 2. The Bertz CT molecular complexity index is 905. The first-order chi connectivity index (χ1) is 9.79. The number of nitrogens with one attached hydrogen (secondary N) is 2. The fourth-order valence-electron chi connectivity index (χ4n) is 2.34. The van der Waals surface area contributed by atoms with Crippen LogP contribution in [0.4, 0.5) is 5.69 Å². The van der Waals surface area contributed by atoms with E-state index in [0.717, 1.165) is 16.4 Å². The number of fused-ring (bicyclic) bond motifs is 2. The van der Waals surface area contributed by atoms with E-state index < -0.39 is 0 Å². The summed E-state index contributed by atoms with van der Waals surface area (Å²) in [7, 11) is 0. The molecule has 0 spiro atoms. The lowest BCUT2D eigenvalue weighted by atomic mass is 10.1. The van der Waals surface area contributed by atoms with Gasteiger partial charge in [-0.05, 0) is 17.7 Å². The van der Waals surface area contributed by atoms with Crippen molar-refractivity contribution in [1.29, 1.82) is 0 Å². The average Bonchev–Trinajstić information content (AvgIpc) is 2.84. The van der Waals surface area contributed by atoms with Crippen molar-refractivity contribution in [2.24, 2.45) is 0 Å². The van der Waals surface area contributed by atoms with Crippen molar-refractivity contribution < 1.29 is 3.98 Å². The van der Waals surface area contributed by atoms with Crippen LogP contribution in [0.5, 0.6) is 0 Å². The summed E-state index contributed by atoms with van der Waals surface area (Å²) in [6.45, 7) is 0. The van der Waals surface area contributed by atoms with Crippen LogP contribution < -0.4 is 16.4 Å². The molecule has 98 valence electrons. The number of allylic oxidation sites excluding steroid dienone is 1. The first-order valence-electron chi connectivity index (χ1n) is 6.22. The number of pyridine rings is 1. The van der Waals surface area contributed by atoms with Gasteiger partial charge in [-0.3, -0.25) is 4.98 Å². The minimum Gasteiger partial charge on any atom is -0.306 e. The lowest BCUT2D eigenvalue weighted by Gasteiger charge is -2.15. The van der Waals surface area contributed by atoms with Crippen molar-refractivity contribution in [3.05, 3.63) is 57.4 Å². The van der Waals surface area contributed by atoms with E-state index in [1.54, 1.807) is 24.3 Å². The summed E-state index contributed by atoms with van der Waals surface area (Å²) >= 11 is 1.70. The molecule has 5 nitrogen and oxygen atoms in total. The summed E-state index contributed by atoms with van der Waals surface area (Å²) in [6.07, 6.45) is 11.8. The minimum absolute atomic E-state index is 0.165. The van der Waals surface area contributed by atoms with Crippen LogP contribution in [0.25, 0.3) is 12.2 Å². The molecule has 2 aliphatic rings. The van der Waals surface area contributed by atoms with E-state index in [-0.39, 0.29) is 10.9 Å². The molecule has 1 unspecified atom stereocenters. The fraction of sp³-hybridized carbons (Fsp3) is 0.0714. The predicted molar refractivity (Wildman–Crippen MR) is 79.3 cm³/mol. The number of nitrogens with zero attached hydrogens (tertiary/aromatic N) is 2. The van der Waals surface area contributed by atoms with Crippen molar-refractivity contribution in [2.75, 3.05) is 0 Å². The van der Waals surface area contributed by atoms with Gasteiger partial charge in [0.2, 0.25) is 5.69 Å². The standard InChI is InChI=1S/C14H10N4OS/c19-14-16-11-7-9-3-6-18(10-1-4-15-5-2-10)20-13(9)8-12(11)17-14/h1-8,13H,(H,17,19)/p+1. The van der Waals surface area contributed by atoms with Gasteiger partial charge in [0.1, 0.15) is 5.25 Å². The molecule has 20 heavy (non-hydrogen) atoms. The van der Waals surface area contributed by atoms with E-state index >= 15 is 0 Å². The van der Waals surface area contributed by atoms with Gasteiger partial charge in [-0.15, -0.1) is 3.98 Å². The highest BCUT2D eigenvalue weighted by Gasteiger charge is 2.27. The molecular formula is C14H11N4OS+. The van der Waals surface area contributed by atoms with Gasteiger partial charge in [0.15, 0.2) is 18.2 Å². The molecule has 6 heteroatoms. The van der Waals surface area contributed by atoms with Crippen LogP contribution in [0.1, 0.15) is 0 Å². The van der Waals surface area contributed by atoms with Crippen LogP contribution in [0.15, 0.2) is 41.0 Å². The molecule has 0 saturated heterocycles. The summed E-state index contributed by atoms with van der Waals surface area (Å²) in [5.41, 5.74) is 2.10. The van der Waals surface area contributed by atoms with Gasteiger partial charge in [-0.2, -0.15) is 0 Å². The second-order valence-corrected chi connectivity index (χ2v) is 5.70. The Morgan fingerprint density at radius 1 is 1.20 bits per heavy atom. The summed E-state index contributed by atoms with van der Waals surface area (Å²) in [5.74, 6) is 0. The highest BCUT2D eigenvalue weighted by molar-refractivity contribution is 7.94. The molecule has 0 aromatic carbocycles. The van der Waals surface area contributed by atoms with Crippen LogP contribution >= 0.6 is 11.9 Å². The zero-order valence-corrected chi connectivity index (χ0v) is 11.2. The Hall–Kier alpha value is -2.34. The molecule has 2 aromatic rings. The Morgan fingerprint density at radius 3 is 2.85 bits per heavy atom. The molecular weight excluding hydrogens is 272 g/mol. The van der Waals surface area contributed by atoms with Crippen molar-refractivity contribution in [2.45, 2.75) is 5.25 Å². The van der Waals surface area contributed by atoms with E-state index in [1.807, 2.05) is 24.4 Å². The molecule has 1 aliphatic carbocycles. The Kier molecular flexibility index (Phi) is 2.50. The zero-order valence-electron chi connectivity index (χ0n) is 10.4. The Labute approximate surface area is 118 Å². The van der Waals surface area contributed by atoms with Crippen LogP contribution in [0.2, 0.25) is 0 Å². The highest BCUT2D eigenvalue weighted by atomic mass is 32.2. The number of hydrogen-bond acceptors (Lipinski definition) is 3. The molecule has 2 N–H and O–H groups in total. The summed E-state index contributed by atoms with van der Waals surface area (Å²) in [5, 5.41) is 1.91. The third-order valence-corrected chi connectivity index (χ3v) is 4.49. The van der Waals surface area contributed by atoms with Crippen LogP contribution in [-0.2, 0) is 0 Å². The first kappa shape index (κ1) is 11.5. The lowest BCUT2D eigenvalue weighted by molar-refractivity contribution is -0.232. The molecule has 0 fully saturated rings. The molecule has 0 bridgehead atoms. The van der Waals surface area contributed by atoms with E-state index in [1.165, 1.54) is 5.57 Å². The van der Waals surface area contributed by atoms with Crippen molar-refractivity contribution in [3.8, 4) is 0 Å². The highest BCUT2D eigenvalue weighted by Crippen LogP contribution is 2.31. The zero-order chi connectivity index (χ0) is 13.5. The second-order valence-electron chi connectivity index (χ2n) is 4.59. The number of hydrogen-bond donors (Lipinski definition) is 2. The maximum atomic E-state index is 11.3. The second kappa shape index (κ2) is 4.35. The van der Waals surface area contributed by atoms with Crippen LogP contribution in [-0.4, -0.2) is 30.4 Å². The van der Waals surface area contributed by atoms with Gasteiger partial charge < -0.3 is 9.97 Å². The molecule has 1 atom stereocenters. The van der Waals surface area contributed by atoms with Crippen molar-refractivity contribution in [3.63, 3.8) is 0 Å². The summed E-state index contributed by atoms with van der Waals surface area (Å²) in [4.78, 5) is 21.0.